The van der Waals surface area contributed by atoms with Crippen molar-refractivity contribution in [2.45, 2.75) is 39.2 Å². The molecule has 0 spiro atoms. The Morgan fingerprint density at radius 1 is 1.62 bits per heavy atom. The molecule has 0 aliphatic carbocycles. The van der Waals surface area contributed by atoms with Crippen LogP contribution < -0.4 is 5.73 Å². The Labute approximate surface area is 86.5 Å². The van der Waals surface area contributed by atoms with Crippen LogP contribution in [0.2, 0.25) is 0 Å². The molecule has 0 saturated carbocycles. The van der Waals surface area contributed by atoms with Crippen LogP contribution in [-0.4, -0.2) is 28.5 Å². The highest BCUT2D eigenvalue weighted by Gasteiger charge is 2.32. The Balaban J connectivity index is 2.49. The third-order valence-corrected chi connectivity index (χ3v) is 3.45. The van der Waals surface area contributed by atoms with Crippen LogP contribution in [0.15, 0.2) is 0 Å². The lowest BCUT2D eigenvalue weighted by molar-refractivity contribution is 0.165. The Morgan fingerprint density at radius 2 is 2.23 bits per heavy atom. The standard InChI is InChI=1S/C10H20N2S/c1-8(9(11)13)7-12-6-4-5-10(12,2)3/h8H,4-7H2,1-3H3,(H2,11,13). The van der Waals surface area contributed by atoms with Crippen LogP contribution in [-0.2, 0) is 0 Å². The number of likely N-dealkylation sites (tertiary alicyclic amines) is 1. The van der Waals surface area contributed by atoms with Crippen LogP contribution in [0.3, 0.4) is 0 Å². The molecular formula is C10H20N2S. The van der Waals surface area contributed by atoms with Gasteiger partial charge in [0.1, 0.15) is 0 Å². The molecule has 1 fully saturated rings. The zero-order valence-electron chi connectivity index (χ0n) is 8.84. The molecule has 1 unspecified atom stereocenters. The highest BCUT2D eigenvalue weighted by Crippen LogP contribution is 2.28. The minimum Gasteiger partial charge on any atom is -0.393 e. The van der Waals surface area contributed by atoms with Crippen molar-refractivity contribution >= 4 is 17.2 Å². The molecule has 0 aromatic heterocycles. The summed E-state index contributed by atoms with van der Waals surface area (Å²) in [5.74, 6) is 0.340. The minimum absolute atomic E-state index is 0.340. The van der Waals surface area contributed by atoms with Gasteiger partial charge in [-0.05, 0) is 33.2 Å². The molecule has 3 heteroatoms. The molecule has 2 N–H and O–H groups in total. The first kappa shape index (κ1) is 10.9. The van der Waals surface area contributed by atoms with Crippen molar-refractivity contribution in [3.05, 3.63) is 0 Å². The molecular weight excluding hydrogens is 180 g/mol. The lowest BCUT2D eigenvalue weighted by atomic mass is 10.0. The molecule has 1 aliphatic heterocycles. The molecule has 13 heavy (non-hydrogen) atoms. The summed E-state index contributed by atoms with van der Waals surface area (Å²) < 4.78 is 0. The summed E-state index contributed by atoms with van der Waals surface area (Å²) in [6.45, 7) is 8.91. The number of thiocarbonyl (C=S) groups is 1. The van der Waals surface area contributed by atoms with E-state index in [0.29, 0.717) is 16.4 Å². The molecule has 1 heterocycles. The van der Waals surface area contributed by atoms with Crippen molar-refractivity contribution in [1.29, 1.82) is 0 Å². The van der Waals surface area contributed by atoms with Crippen molar-refractivity contribution in [2.75, 3.05) is 13.1 Å². The van der Waals surface area contributed by atoms with Crippen molar-refractivity contribution in [3.8, 4) is 0 Å². The average molecular weight is 200 g/mol. The summed E-state index contributed by atoms with van der Waals surface area (Å²) in [7, 11) is 0. The van der Waals surface area contributed by atoms with Gasteiger partial charge in [0, 0.05) is 18.0 Å². The second-order valence-electron chi connectivity index (χ2n) is 4.67. The summed E-state index contributed by atoms with van der Waals surface area (Å²) in [4.78, 5) is 3.14. The van der Waals surface area contributed by atoms with Gasteiger partial charge in [-0.15, -0.1) is 0 Å². The van der Waals surface area contributed by atoms with E-state index in [1.807, 2.05) is 0 Å². The fraction of sp³-hybridized carbons (Fsp3) is 0.900. The summed E-state index contributed by atoms with van der Waals surface area (Å²) in [6.07, 6.45) is 2.59. The van der Waals surface area contributed by atoms with Crippen molar-refractivity contribution in [3.63, 3.8) is 0 Å². The molecule has 1 rings (SSSR count). The van der Waals surface area contributed by atoms with Gasteiger partial charge in [-0.2, -0.15) is 0 Å². The second kappa shape index (κ2) is 3.93. The first-order valence-corrected chi connectivity index (χ1v) is 5.38. The molecule has 0 bridgehead atoms. The lowest BCUT2D eigenvalue weighted by Crippen LogP contribution is -2.42. The zero-order valence-corrected chi connectivity index (χ0v) is 9.66. The molecule has 0 radical (unpaired) electrons. The Hall–Kier alpha value is -0.150. The molecule has 76 valence electrons. The third kappa shape index (κ3) is 2.64. The van der Waals surface area contributed by atoms with E-state index in [9.17, 15) is 0 Å². The number of rotatable bonds is 3. The van der Waals surface area contributed by atoms with Gasteiger partial charge in [0.05, 0.1) is 4.99 Å². The van der Waals surface area contributed by atoms with E-state index < -0.39 is 0 Å². The Morgan fingerprint density at radius 3 is 2.62 bits per heavy atom. The Kier molecular flexibility index (Phi) is 3.30. The fourth-order valence-corrected chi connectivity index (χ4v) is 2.00. The maximum atomic E-state index is 5.61. The SMILES string of the molecule is CC(CN1CCCC1(C)C)C(N)=S. The molecule has 1 atom stereocenters. The highest BCUT2D eigenvalue weighted by atomic mass is 32.1. The van der Waals surface area contributed by atoms with Gasteiger partial charge in [-0.25, -0.2) is 0 Å². The second-order valence-corrected chi connectivity index (χ2v) is 5.14. The maximum absolute atomic E-state index is 5.61. The van der Waals surface area contributed by atoms with E-state index in [4.69, 9.17) is 18.0 Å². The molecule has 0 amide bonds. The normalized spacial score (nSPS) is 24.5. The molecule has 0 aromatic carbocycles. The molecule has 0 aromatic rings. The largest absolute Gasteiger partial charge is 0.393 e. The van der Waals surface area contributed by atoms with Crippen LogP contribution >= 0.6 is 12.2 Å². The predicted molar refractivity (Wildman–Crippen MR) is 60.8 cm³/mol. The topological polar surface area (TPSA) is 29.3 Å². The average Bonchev–Trinajstić information content (AvgIpc) is 2.30. The lowest BCUT2D eigenvalue weighted by Gasteiger charge is -2.33. The number of hydrogen-bond acceptors (Lipinski definition) is 2. The fourth-order valence-electron chi connectivity index (χ4n) is 1.92. The van der Waals surface area contributed by atoms with E-state index in [1.54, 1.807) is 0 Å². The van der Waals surface area contributed by atoms with Gasteiger partial charge in [0.2, 0.25) is 0 Å². The van der Waals surface area contributed by atoms with Gasteiger partial charge in [0.25, 0.3) is 0 Å². The third-order valence-electron chi connectivity index (χ3n) is 3.05. The smallest absolute Gasteiger partial charge is 0.0768 e. The first-order valence-electron chi connectivity index (χ1n) is 4.98. The van der Waals surface area contributed by atoms with E-state index in [1.165, 1.54) is 19.4 Å². The minimum atomic E-state index is 0.340. The predicted octanol–water partition coefficient (Wildman–Crippen LogP) is 1.78. The van der Waals surface area contributed by atoms with E-state index >= 15 is 0 Å². The number of nitrogens with two attached hydrogens (primary N) is 1. The van der Waals surface area contributed by atoms with Crippen LogP contribution in [0.1, 0.15) is 33.6 Å². The summed E-state index contributed by atoms with van der Waals surface area (Å²) in [5.41, 5.74) is 5.95. The van der Waals surface area contributed by atoms with Gasteiger partial charge >= 0.3 is 0 Å². The molecule has 1 saturated heterocycles. The highest BCUT2D eigenvalue weighted by molar-refractivity contribution is 7.80. The molecule has 1 aliphatic rings. The summed E-state index contributed by atoms with van der Waals surface area (Å²) >= 11 is 4.98. The maximum Gasteiger partial charge on any atom is 0.0768 e. The number of nitrogens with zero attached hydrogens (tertiary/aromatic N) is 1. The van der Waals surface area contributed by atoms with Gasteiger partial charge in [0.15, 0.2) is 0 Å². The van der Waals surface area contributed by atoms with Crippen LogP contribution in [0.4, 0.5) is 0 Å². The zero-order chi connectivity index (χ0) is 10.1. The van der Waals surface area contributed by atoms with Gasteiger partial charge < -0.3 is 5.73 Å². The van der Waals surface area contributed by atoms with Crippen molar-refractivity contribution in [1.82, 2.24) is 4.90 Å². The van der Waals surface area contributed by atoms with Gasteiger partial charge in [-0.3, -0.25) is 4.90 Å². The van der Waals surface area contributed by atoms with E-state index in [0.717, 1.165) is 6.54 Å². The Bertz CT molecular complexity index is 201. The monoisotopic (exact) mass is 200 g/mol. The summed E-state index contributed by atoms with van der Waals surface area (Å²) in [5, 5.41) is 0. The summed E-state index contributed by atoms with van der Waals surface area (Å²) in [6, 6.07) is 0. The quantitative estimate of drug-likeness (QED) is 0.704. The van der Waals surface area contributed by atoms with Crippen LogP contribution in [0, 0.1) is 5.92 Å². The van der Waals surface area contributed by atoms with Crippen molar-refractivity contribution < 1.29 is 0 Å². The van der Waals surface area contributed by atoms with Gasteiger partial charge in [-0.1, -0.05) is 19.1 Å². The van der Waals surface area contributed by atoms with Crippen molar-refractivity contribution in [2.24, 2.45) is 11.7 Å². The van der Waals surface area contributed by atoms with E-state index in [2.05, 4.69) is 25.7 Å². The van der Waals surface area contributed by atoms with E-state index in [-0.39, 0.29) is 0 Å². The van der Waals surface area contributed by atoms with Crippen LogP contribution in [0.25, 0.3) is 0 Å². The first-order chi connectivity index (χ1) is 5.93. The van der Waals surface area contributed by atoms with Crippen LogP contribution in [0.5, 0.6) is 0 Å². The number of hydrogen-bond donors (Lipinski definition) is 1. The molecule has 2 nitrogen and oxygen atoms in total.